The molecule has 0 aliphatic carbocycles. The molecule has 32 heavy (non-hydrogen) atoms. The van der Waals surface area contributed by atoms with Crippen molar-refractivity contribution in [3.05, 3.63) is 77.6 Å². The topological polar surface area (TPSA) is 71.9 Å². The summed E-state index contributed by atoms with van der Waals surface area (Å²) in [6.45, 7) is 0.0498. The number of thiazole rings is 1. The molecule has 3 aromatic heterocycles. The Balaban J connectivity index is 1.62. The summed E-state index contributed by atoms with van der Waals surface area (Å²) in [4.78, 5) is 23.3. The first-order valence-electron chi connectivity index (χ1n) is 9.31. The summed E-state index contributed by atoms with van der Waals surface area (Å²) in [7, 11) is 0. The second-order valence-corrected chi connectivity index (χ2v) is 8.36. The monoisotopic (exact) mass is 471 g/mol. The standard InChI is InChI=1S/C21H12F3N5OS2/c22-21(23,24)14-5-3-6-17-18(14)26-20(31-17)29(11-13-4-1-2-9-25-13)19(30)12-7-8-15-16(10-12)28-32-27-15/h1-10H,11H2. The quantitative estimate of drug-likeness (QED) is 0.343. The van der Waals surface area contributed by atoms with Crippen molar-refractivity contribution in [2.24, 2.45) is 0 Å². The van der Waals surface area contributed by atoms with Crippen molar-refractivity contribution in [1.29, 1.82) is 0 Å². The van der Waals surface area contributed by atoms with E-state index in [1.807, 2.05) is 0 Å². The van der Waals surface area contributed by atoms with Gasteiger partial charge in [0.25, 0.3) is 5.91 Å². The molecule has 5 aromatic rings. The first-order valence-corrected chi connectivity index (χ1v) is 10.9. The molecule has 0 saturated heterocycles. The van der Waals surface area contributed by atoms with E-state index in [0.29, 0.717) is 27.0 Å². The van der Waals surface area contributed by atoms with Crippen LogP contribution in [0.5, 0.6) is 0 Å². The number of hydrogen-bond donors (Lipinski definition) is 0. The maximum absolute atomic E-state index is 13.5. The molecule has 3 heterocycles. The molecule has 0 unspecified atom stereocenters. The van der Waals surface area contributed by atoms with Crippen LogP contribution in [0.15, 0.2) is 60.8 Å². The SMILES string of the molecule is O=C(c1ccc2nsnc2c1)N(Cc1ccccn1)c1nc2c(C(F)(F)F)cccc2s1. The number of amides is 1. The minimum absolute atomic E-state index is 0.0498. The summed E-state index contributed by atoms with van der Waals surface area (Å²) in [5.41, 5.74) is 1.12. The van der Waals surface area contributed by atoms with E-state index in [1.54, 1.807) is 48.7 Å². The zero-order valence-corrected chi connectivity index (χ0v) is 17.7. The van der Waals surface area contributed by atoms with Gasteiger partial charge in [-0.1, -0.05) is 23.5 Å². The van der Waals surface area contributed by atoms with Gasteiger partial charge in [0.05, 0.1) is 39.7 Å². The molecule has 0 N–H and O–H groups in total. The maximum Gasteiger partial charge on any atom is 0.418 e. The van der Waals surface area contributed by atoms with Gasteiger partial charge < -0.3 is 0 Å². The third-order valence-electron chi connectivity index (χ3n) is 4.74. The number of carbonyl (C=O) groups excluding carboxylic acids is 1. The first kappa shape index (κ1) is 20.5. The number of benzene rings is 2. The smallest absolute Gasteiger partial charge is 0.278 e. The molecular formula is C21H12F3N5OS2. The lowest BCUT2D eigenvalue weighted by Crippen LogP contribution is -2.30. The Morgan fingerprint density at radius 3 is 2.62 bits per heavy atom. The number of hydrogen-bond acceptors (Lipinski definition) is 7. The number of para-hydroxylation sites is 1. The number of pyridine rings is 1. The highest BCUT2D eigenvalue weighted by Gasteiger charge is 2.34. The third kappa shape index (κ3) is 3.80. The Hall–Kier alpha value is -3.44. The van der Waals surface area contributed by atoms with Gasteiger partial charge >= 0.3 is 6.18 Å². The third-order valence-corrected chi connectivity index (χ3v) is 6.34. The lowest BCUT2D eigenvalue weighted by atomic mass is 10.1. The number of fused-ring (bicyclic) bond motifs is 2. The van der Waals surface area contributed by atoms with Crippen LogP contribution in [0.3, 0.4) is 0 Å². The molecule has 0 spiro atoms. The fourth-order valence-corrected chi connectivity index (χ4v) is 4.74. The molecule has 0 atom stereocenters. The fourth-order valence-electron chi connectivity index (χ4n) is 3.23. The predicted molar refractivity (Wildman–Crippen MR) is 117 cm³/mol. The minimum Gasteiger partial charge on any atom is -0.278 e. The summed E-state index contributed by atoms with van der Waals surface area (Å²) >= 11 is 2.06. The highest BCUT2D eigenvalue weighted by molar-refractivity contribution is 7.22. The summed E-state index contributed by atoms with van der Waals surface area (Å²) in [5.74, 6) is -0.418. The molecule has 160 valence electrons. The molecule has 0 saturated carbocycles. The van der Waals surface area contributed by atoms with Crippen molar-refractivity contribution in [2.75, 3.05) is 4.90 Å². The van der Waals surface area contributed by atoms with Crippen LogP contribution in [0.25, 0.3) is 21.3 Å². The van der Waals surface area contributed by atoms with E-state index in [9.17, 15) is 18.0 Å². The number of rotatable bonds is 4. The van der Waals surface area contributed by atoms with E-state index >= 15 is 0 Å². The minimum atomic E-state index is -4.55. The molecule has 11 heteroatoms. The van der Waals surface area contributed by atoms with E-state index in [2.05, 4.69) is 18.7 Å². The molecule has 2 aromatic carbocycles. The highest BCUT2D eigenvalue weighted by Crippen LogP contribution is 2.39. The number of alkyl halides is 3. The van der Waals surface area contributed by atoms with Gasteiger partial charge in [-0.2, -0.15) is 21.9 Å². The van der Waals surface area contributed by atoms with Crippen LogP contribution >= 0.6 is 23.1 Å². The average molecular weight is 471 g/mol. The Kier molecular flexibility index (Phi) is 5.06. The van der Waals surface area contributed by atoms with Gasteiger partial charge in [-0.3, -0.25) is 14.7 Å². The van der Waals surface area contributed by atoms with Crippen LogP contribution in [-0.4, -0.2) is 24.6 Å². The van der Waals surface area contributed by atoms with E-state index in [-0.39, 0.29) is 17.2 Å². The second-order valence-electron chi connectivity index (χ2n) is 6.83. The average Bonchev–Trinajstić information content (AvgIpc) is 3.43. The van der Waals surface area contributed by atoms with Crippen LogP contribution in [0.4, 0.5) is 18.3 Å². The highest BCUT2D eigenvalue weighted by atomic mass is 32.1. The van der Waals surface area contributed by atoms with Crippen LogP contribution in [0, 0.1) is 0 Å². The summed E-state index contributed by atoms with van der Waals surface area (Å²) in [6.07, 6.45) is -2.96. The summed E-state index contributed by atoms with van der Waals surface area (Å²) in [5, 5.41) is 0.156. The molecule has 0 bridgehead atoms. The molecule has 0 fully saturated rings. The van der Waals surface area contributed by atoms with Crippen LogP contribution in [-0.2, 0) is 12.7 Å². The van der Waals surface area contributed by atoms with Gasteiger partial charge in [0.15, 0.2) is 5.13 Å². The summed E-state index contributed by atoms with van der Waals surface area (Å²) < 4.78 is 49.1. The zero-order valence-electron chi connectivity index (χ0n) is 16.1. The van der Waals surface area contributed by atoms with Crippen LogP contribution in [0.1, 0.15) is 21.6 Å². The van der Waals surface area contributed by atoms with Crippen molar-refractivity contribution in [3.63, 3.8) is 0 Å². The van der Waals surface area contributed by atoms with E-state index in [1.165, 1.54) is 11.0 Å². The Bertz CT molecular complexity index is 1430. The molecule has 5 rings (SSSR count). The number of nitrogens with zero attached hydrogens (tertiary/aromatic N) is 5. The normalized spacial score (nSPS) is 11.8. The number of halogens is 3. The van der Waals surface area contributed by atoms with Crippen LogP contribution in [0.2, 0.25) is 0 Å². The van der Waals surface area contributed by atoms with Crippen LogP contribution < -0.4 is 4.90 Å². The van der Waals surface area contributed by atoms with Gasteiger partial charge in [-0.25, -0.2) is 4.98 Å². The van der Waals surface area contributed by atoms with Crippen molar-refractivity contribution in [2.45, 2.75) is 12.7 Å². The second kappa shape index (κ2) is 7.92. The van der Waals surface area contributed by atoms with Crippen molar-refractivity contribution in [3.8, 4) is 0 Å². The van der Waals surface area contributed by atoms with Crippen molar-refractivity contribution >= 4 is 55.4 Å². The molecule has 1 amide bonds. The van der Waals surface area contributed by atoms with Crippen molar-refractivity contribution in [1.82, 2.24) is 18.7 Å². The van der Waals surface area contributed by atoms with E-state index < -0.39 is 17.6 Å². The molecular weight excluding hydrogens is 459 g/mol. The lowest BCUT2D eigenvalue weighted by Gasteiger charge is -2.19. The predicted octanol–water partition coefficient (Wildman–Crippen LogP) is 5.56. The Morgan fingerprint density at radius 2 is 1.84 bits per heavy atom. The van der Waals surface area contributed by atoms with Gasteiger partial charge in [-0.15, -0.1) is 0 Å². The van der Waals surface area contributed by atoms with E-state index in [4.69, 9.17) is 0 Å². The summed E-state index contributed by atoms with van der Waals surface area (Å²) in [6, 6.07) is 14.0. The Labute approximate surface area is 187 Å². The molecule has 6 nitrogen and oxygen atoms in total. The van der Waals surface area contributed by atoms with Gasteiger partial charge in [0.2, 0.25) is 0 Å². The molecule has 0 radical (unpaired) electrons. The maximum atomic E-state index is 13.5. The van der Waals surface area contributed by atoms with Crippen molar-refractivity contribution < 1.29 is 18.0 Å². The van der Waals surface area contributed by atoms with Gasteiger partial charge in [0, 0.05) is 11.8 Å². The Morgan fingerprint density at radius 1 is 1.00 bits per heavy atom. The van der Waals surface area contributed by atoms with Gasteiger partial charge in [0.1, 0.15) is 11.0 Å². The largest absolute Gasteiger partial charge is 0.418 e. The fraction of sp³-hybridized carbons (Fsp3) is 0.0952. The number of anilines is 1. The zero-order chi connectivity index (χ0) is 22.3. The van der Waals surface area contributed by atoms with E-state index in [0.717, 1.165) is 29.1 Å². The number of carbonyl (C=O) groups is 1. The molecule has 0 aliphatic rings. The lowest BCUT2D eigenvalue weighted by molar-refractivity contribution is -0.136. The van der Waals surface area contributed by atoms with Gasteiger partial charge in [-0.05, 0) is 42.5 Å². The number of aromatic nitrogens is 4. The molecule has 0 aliphatic heterocycles. The first-order chi connectivity index (χ1) is 15.4.